The van der Waals surface area contributed by atoms with Crippen molar-refractivity contribution in [2.45, 2.75) is 19.4 Å². The fourth-order valence-corrected chi connectivity index (χ4v) is 2.68. The lowest BCUT2D eigenvalue weighted by molar-refractivity contribution is -0.120. The Morgan fingerprint density at radius 1 is 1.32 bits per heavy atom. The number of aliphatic hydroxyl groups excluding tert-OH is 1. The number of amides is 1. The summed E-state index contributed by atoms with van der Waals surface area (Å²) < 4.78 is 5.66. The SMILES string of the molecule is Cc1oc(-c2ccccc2)nc1CC(=O)NCC1CNCC1O.Cl.Cl. The van der Waals surface area contributed by atoms with Crippen LogP contribution < -0.4 is 10.6 Å². The van der Waals surface area contributed by atoms with E-state index in [1.165, 1.54) is 0 Å². The standard InChI is InChI=1S/C17H21N3O3.2ClH/c1-11-14(20-17(23-11)12-5-3-2-4-6-12)7-16(22)19-9-13-8-18-10-15(13)21;;/h2-6,13,15,18,21H,7-10H2,1H3,(H,19,22);2*1H. The van der Waals surface area contributed by atoms with Crippen LogP contribution in [0, 0.1) is 12.8 Å². The van der Waals surface area contributed by atoms with Crippen LogP contribution in [0.25, 0.3) is 11.5 Å². The minimum Gasteiger partial charge on any atom is -0.441 e. The Labute approximate surface area is 159 Å². The molecule has 2 aromatic rings. The predicted octanol–water partition coefficient (Wildman–Crippen LogP) is 1.73. The predicted molar refractivity (Wildman–Crippen MR) is 100 cm³/mol. The largest absolute Gasteiger partial charge is 0.441 e. The zero-order chi connectivity index (χ0) is 16.2. The van der Waals surface area contributed by atoms with Gasteiger partial charge in [-0.25, -0.2) is 4.98 Å². The summed E-state index contributed by atoms with van der Waals surface area (Å²) in [5.41, 5.74) is 1.54. The fraction of sp³-hybridized carbons (Fsp3) is 0.412. The summed E-state index contributed by atoms with van der Waals surface area (Å²) in [5, 5.41) is 15.7. The molecule has 0 saturated carbocycles. The Morgan fingerprint density at radius 2 is 2.04 bits per heavy atom. The Morgan fingerprint density at radius 3 is 2.68 bits per heavy atom. The molecule has 8 heteroatoms. The number of aromatic nitrogens is 1. The summed E-state index contributed by atoms with van der Waals surface area (Å²) in [5.74, 6) is 1.14. The monoisotopic (exact) mass is 387 g/mol. The zero-order valence-corrected chi connectivity index (χ0v) is 15.5. The number of aliphatic hydroxyl groups is 1. The highest BCUT2D eigenvalue weighted by Gasteiger charge is 2.25. The number of aryl methyl sites for hydroxylation is 1. The van der Waals surface area contributed by atoms with Gasteiger partial charge in [-0.05, 0) is 19.1 Å². The van der Waals surface area contributed by atoms with Crippen molar-refractivity contribution in [3.05, 3.63) is 41.8 Å². The molecule has 0 spiro atoms. The number of rotatable bonds is 5. The van der Waals surface area contributed by atoms with Crippen LogP contribution in [-0.2, 0) is 11.2 Å². The molecule has 0 radical (unpaired) electrons. The number of oxazole rings is 1. The van der Waals surface area contributed by atoms with Crippen molar-refractivity contribution in [3.63, 3.8) is 0 Å². The molecule has 0 aliphatic carbocycles. The lowest BCUT2D eigenvalue weighted by Crippen LogP contribution is -2.35. The lowest BCUT2D eigenvalue weighted by atomic mass is 10.1. The molecule has 1 aromatic carbocycles. The molecule has 3 N–H and O–H groups in total. The summed E-state index contributed by atoms with van der Waals surface area (Å²) in [6.45, 7) is 3.59. The van der Waals surface area contributed by atoms with Crippen molar-refractivity contribution >= 4 is 30.7 Å². The molecular formula is C17H23Cl2N3O3. The molecule has 138 valence electrons. The third-order valence-electron chi connectivity index (χ3n) is 4.11. The van der Waals surface area contributed by atoms with Crippen LogP contribution in [-0.4, -0.2) is 41.7 Å². The normalized spacial score (nSPS) is 19.0. The van der Waals surface area contributed by atoms with Gasteiger partial charge in [-0.2, -0.15) is 0 Å². The van der Waals surface area contributed by atoms with Crippen molar-refractivity contribution in [2.24, 2.45) is 5.92 Å². The number of benzene rings is 1. The molecule has 3 rings (SSSR count). The van der Waals surface area contributed by atoms with Crippen molar-refractivity contribution < 1.29 is 14.3 Å². The minimum absolute atomic E-state index is 0. The summed E-state index contributed by atoms with van der Waals surface area (Å²) in [4.78, 5) is 16.5. The molecule has 25 heavy (non-hydrogen) atoms. The minimum atomic E-state index is -0.395. The van der Waals surface area contributed by atoms with E-state index < -0.39 is 6.10 Å². The van der Waals surface area contributed by atoms with E-state index >= 15 is 0 Å². The highest BCUT2D eigenvalue weighted by molar-refractivity contribution is 5.85. The van der Waals surface area contributed by atoms with Crippen LogP contribution >= 0.6 is 24.8 Å². The Hall–Kier alpha value is -1.60. The smallest absolute Gasteiger partial charge is 0.226 e. The molecule has 1 aromatic heterocycles. The molecule has 1 aliphatic heterocycles. The highest BCUT2D eigenvalue weighted by Crippen LogP contribution is 2.21. The third-order valence-corrected chi connectivity index (χ3v) is 4.11. The lowest BCUT2D eigenvalue weighted by Gasteiger charge is -2.13. The number of halogens is 2. The van der Waals surface area contributed by atoms with Crippen LogP contribution in [0.4, 0.5) is 0 Å². The Balaban J connectivity index is 0.00000156. The molecule has 1 aliphatic rings. The summed E-state index contributed by atoms with van der Waals surface area (Å²) in [7, 11) is 0. The number of hydrogen-bond acceptors (Lipinski definition) is 5. The van der Waals surface area contributed by atoms with E-state index in [1.807, 2.05) is 37.3 Å². The van der Waals surface area contributed by atoms with Gasteiger partial charge < -0.3 is 20.2 Å². The maximum absolute atomic E-state index is 12.1. The van der Waals surface area contributed by atoms with Crippen LogP contribution in [0.2, 0.25) is 0 Å². The average Bonchev–Trinajstić information content (AvgIpc) is 3.12. The Bertz CT molecular complexity index is 679. The van der Waals surface area contributed by atoms with E-state index in [0.717, 1.165) is 12.1 Å². The van der Waals surface area contributed by atoms with Gasteiger partial charge in [-0.3, -0.25) is 4.79 Å². The quantitative estimate of drug-likeness (QED) is 0.726. The molecule has 1 saturated heterocycles. The van der Waals surface area contributed by atoms with Gasteiger partial charge in [-0.1, -0.05) is 18.2 Å². The summed E-state index contributed by atoms with van der Waals surface area (Å²) in [6, 6.07) is 9.61. The average molecular weight is 388 g/mol. The van der Waals surface area contributed by atoms with Gasteiger partial charge in [0.25, 0.3) is 0 Å². The zero-order valence-electron chi connectivity index (χ0n) is 13.9. The fourth-order valence-electron chi connectivity index (χ4n) is 2.68. The second kappa shape index (κ2) is 9.77. The second-order valence-electron chi connectivity index (χ2n) is 5.85. The van der Waals surface area contributed by atoms with Gasteiger partial charge in [-0.15, -0.1) is 24.8 Å². The van der Waals surface area contributed by atoms with Crippen molar-refractivity contribution in [1.29, 1.82) is 0 Å². The molecule has 2 unspecified atom stereocenters. The number of nitrogens with one attached hydrogen (secondary N) is 2. The van der Waals surface area contributed by atoms with E-state index in [1.54, 1.807) is 0 Å². The summed E-state index contributed by atoms with van der Waals surface area (Å²) >= 11 is 0. The first-order valence-electron chi connectivity index (χ1n) is 7.80. The van der Waals surface area contributed by atoms with E-state index in [0.29, 0.717) is 30.4 Å². The van der Waals surface area contributed by atoms with Crippen molar-refractivity contribution in [1.82, 2.24) is 15.6 Å². The summed E-state index contributed by atoms with van der Waals surface area (Å²) in [6.07, 6.45) is -0.216. The number of carbonyl (C=O) groups is 1. The first-order valence-corrected chi connectivity index (χ1v) is 7.80. The van der Waals surface area contributed by atoms with Gasteiger partial charge in [0.05, 0.1) is 18.2 Å². The van der Waals surface area contributed by atoms with Gasteiger partial charge in [0.15, 0.2) is 0 Å². The molecule has 2 atom stereocenters. The van der Waals surface area contributed by atoms with Crippen molar-refractivity contribution in [3.8, 4) is 11.5 Å². The number of hydrogen-bond donors (Lipinski definition) is 3. The molecular weight excluding hydrogens is 365 g/mol. The number of β-amino-alcohol motifs (C(OH)–C–C–N with tert-alkyl or cyclic N) is 1. The topological polar surface area (TPSA) is 87.4 Å². The third kappa shape index (κ3) is 5.44. The van der Waals surface area contributed by atoms with Crippen molar-refractivity contribution in [2.75, 3.05) is 19.6 Å². The maximum Gasteiger partial charge on any atom is 0.226 e. The molecule has 6 nitrogen and oxygen atoms in total. The first-order chi connectivity index (χ1) is 11.1. The van der Waals surface area contributed by atoms with E-state index in [2.05, 4.69) is 15.6 Å². The van der Waals surface area contributed by atoms with Gasteiger partial charge >= 0.3 is 0 Å². The first kappa shape index (κ1) is 21.4. The Kier molecular flexibility index (Phi) is 8.38. The van der Waals surface area contributed by atoms with E-state index in [4.69, 9.17) is 4.42 Å². The van der Waals surface area contributed by atoms with E-state index in [9.17, 15) is 9.90 Å². The molecule has 2 heterocycles. The van der Waals surface area contributed by atoms with Crippen LogP contribution in [0.3, 0.4) is 0 Å². The van der Waals surface area contributed by atoms with Gasteiger partial charge in [0.2, 0.25) is 11.8 Å². The number of carbonyl (C=O) groups excluding carboxylic acids is 1. The maximum atomic E-state index is 12.1. The highest BCUT2D eigenvalue weighted by atomic mass is 35.5. The second-order valence-corrected chi connectivity index (χ2v) is 5.85. The van der Waals surface area contributed by atoms with Crippen LogP contribution in [0.5, 0.6) is 0 Å². The number of nitrogens with zero attached hydrogens (tertiary/aromatic N) is 1. The molecule has 1 amide bonds. The molecule has 1 fully saturated rings. The molecule has 0 bridgehead atoms. The van der Waals surface area contributed by atoms with E-state index in [-0.39, 0.29) is 43.1 Å². The van der Waals surface area contributed by atoms with Crippen LogP contribution in [0.15, 0.2) is 34.7 Å². The van der Waals surface area contributed by atoms with Gasteiger partial charge in [0.1, 0.15) is 5.76 Å². The van der Waals surface area contributed by atoms with Crippen LogP contribution in [0.1, 0.15) is 11.5 Å². The van der Waals surface area contributed by atoms with Gasteiger partial charge in [0, 0.05) is 31.1 Å².